The van der Waals surface area contributed by atoms with Crippen LogP contribution >= 0.6 is 0 Å². The van der Waals surface area contributed by atoms with Crippen molar-refractivity contribution in [2.45, 2.75) is 24.8 Å². The zero-order valence-corrected chi connectivity index (χ0v) is 16.5. The van der Waals surface area contributed by atoms with Crippen LogP contribution in [0.1, 0.15) is 60.7 Å². The van der Waals surface area contributed by atoms with Gasteiger partial charge in [0.15, 0.2) is 5.54 Å². The smallest absolute Gasteiger partial charge is 0.263 e. The summed E-state index contributed by atoms with van der Waals surface area (Å²) in [7, 11) is 0. The summed E-state index contributed by atoms with van der Waals surface area (Å²) in [6, 6.07) is 14.5. The van der Waals surface area contributed by atoms with E-state index in [0.717, 1.165) is 4.90 Å². The molecule has 2 heterocycles. The Labute approximate surface area is 177 Å². The van der Waals surface area contributed by atoms with Gasteiger partial charge in [0.2, 0.25) is 0 Å². The van der Waals surface area contributed by atoms with E-state index in [-0.39, 0.29) is 30.5 Å². The van der Waals surface area contributed by atoms with Crippen molar-refractivity contribution < 1.29 is 23.6 Å². The first-order valence-electron chi connectivity index (χ1n) is 9.85. The summed E-state index contributed by atoms with van der Waals surface area (Å²) in [6.07, 6.45) is 0.436. The first kappa shape index (κ1) is 20.4. The molecule has 2 aromatic rings. The Kier molecular flexibility index (Phi) is 5.11. The predicted molar refractivity (Wildman–Crippen MR) is 107 cm³/mol. The van der Waals surface area contributed by atoms with E-state index in [1.54, 1.807) is 36.4 Å². The fourth-order valence-corrected chi connectivity index (χ4v) is 4.08. The van der Waals surface area contributed by atoms with Gasteiger partial charge in [0, 0.05) is 6.54 Å². The van der Waals surface area contributed by atoms with Crippen LogP contribution in [0.4, 0.5) is 4.39 Å². The van der Waals surface area contributed by atoms with Crippen LogP contribution in [-0.2, 0) is 0 Å². The highest BCUT2D eigenvalue weighted by Crippen LogP contribution is 2.33. The molecule has 0 aliphatic carbocycles. The van der Waals surface area contributed by atoms with Crippen molar-refractivity contribution in [1.29, 1.82) is 5.26 Å². The summed E-state index contributed by atoms with van der Waals surface area (Å²) in [5, 5.41) is 9.71. The topological polar surface area (TPSA) is 98.5 Å². The number of carbonyl (C=O) groups excluding carboxylic acids is 4. The Morgan fingerprint density at radius 2 is 1.23 bits per heavy atom. The van der Waals surface area contributed by atoms with E-state index in [4.69, 9.17) is 0 Å². The van der Waals surface area contributed by atoms with Crippen molar-refractivity contribution in [1.82, 2.24) is 9.80 Å². The van der Waals surface area contributed by atoms with Gasteiger partial charge in [0.05, 0.1) is 28.3 Å². The molecule has 0 saturated carbocycles. The van der Waals surface area contributed by atoms with Crippen molar-refractivity contribution in [3.63, 3.8) is 0 Å². The van der Waals surface area contributed by atoms with Crippen molar-refractivity contribution in [3.8, 4) is 6.07 Å². The normalized spacial score (nSPS) is 16.9. The number of alkyl halides is 1. The molecule has 0 spiro atoms. The standard InChI is InChI=1S/C23H18FN3O4/c24-13-23(14-25,27-21(30)17-9-3-4-10-18(17)22(27)31)11-5-6-12-26-19(28)15-7-1-2-8-16(15)20(26)29/h1-4,7-10H,5-6,11-13H2. The molecule has 7 nitrogen and oxygen atoms in total. The highest BCUT2D eigenvalue weighted by Gasteiger charge is 2.49. The number of rotatable bonds is 7. The lowest BCUT2D eigenvalue weighted by atomic mass is 9.93. The van der Waals surface area contributed by atoms with Crippen LogP contribution in [0.15, 0.2) is 48.5 Å². The van der Waals surface area contributed by atoms with E-state index < -0.39 is 35.8 Å². The summed E-state index contributed by atoms with van der Waals surface area (Å²) in [4.78, 5) is 52.1. The lowest BCUT2D eigenvalue weighted by Gasteiger charge is -2.32. The van der Waals surface area contributed by atoms with Crippen LogP contribution in [-0.4, -0.2) is 52.2 Å². The first-order chi connectivity index (χ1) is 14.9. The number of nitriles is 1. The third-order valence-electron chi connectivity index (χ3n) is 5.75. The second-order valence-electron chi connectivity index (χ2n) is 7.53. The molecule has 4 amide bonds. The quantitative estimate of drug-likeness (QED) is 0.508. The molecule has 2 aromatic carbocycles. The number of carbonyl (C=O) groups is 4. The number of hydrogen-bond acceptors (Lipinski definition) is 5. The fraction of sp³-hybridized carbons (Fsp3) is 0.261. The molecule has 4 rings (SSSR count). The van der Waals surface area contributed by atoms with Crippen LogP contribution in [0.5, 0.6) is 0 Å². The number of fused-ring (bicyclic) bond motifs is 2. The average molecular weight is 419 g/mol. The summed E-state index contributed by atoms with van der Waals surface area (Å²) in [6.45, 7) is -1.11. The molecule has 0 N–H and O–H groups in total. The minimum Gasteiger partial charge on any atom is -0.274 e. The van der Waals surface area contributed by atoms with Crippen LogP contribution in [0.25, 0.3) is 0 Å². The molecular weight excluding hydrogens is 401 g/mol. The van der Waals surface area contributed by atoms with Gasteiger partial charge in [-0.3, -0.25) is 29.0 Å². The molecule has 156 valence electrons. The lowest BCUT2D eigenvalue weighted by Crippen LogP contribution is -2.52. The number of halogens is 1. The Morgan fingerprint density at radius 3 is 1.65 bits per heavy atom. The van der Waals surface area contributed by atoms with E-state index in [9.17, 15) is 28.8 Å². The number of unbranched alkanes of at least 4 members (excludes halogenated alkanes) is 1. The van der Waals surface area contributed by atoms with Crippen molar-refractivity contribution in [3.05, 3.63) is 70.8 Å². The van der Waals surface area contributed by atoms with Gasteiger partial charge in [-0.15, -0.1) is 0 Å². The van der Waals surface area contributed by atoms with Crippen molar-refractivity contribution in [2.24, 2.45) is 0 Å². The monoisotopic (exact) mass is 419 g/mol. The van der Waals surface area contributed by atoms with E-state index >= 15 is 0 Å². The van der Waals surface area contributed by atoms with Gasteiger partial charge in [-0.25, -0.2) is 4.39 Å². The zero-order valence-electron chi connectivity index (χ0n) is 16.5. The van der Waals surface area contributed by atoms with Gasteiger partial charge in [0.25, 0.3) is 23.6 Å². The molecule has 0 radical (unpaired) electrons. The summed E-state index contributed by atoms with van der Waals surface area (Å²) in [5.41, 5.74) is -0.963. The number of nitrogens with zero attached hydrogens (tertiary/aromatic N) is 3. The molecule has 0 saturated heterocycles. The van der Waals surface area contributed by atoms with Gasteiger partial charge >= 0.3 is 0 Å². The molecule has 2 aliphatic rings. The highest BCUT2D eigenvalue weighted by molar-refractivity contribution is 6.22. The third-order valence-corrected chi connectivity index (χ3v) is 5.75. The second-order valence-corrected chi connectivity index (χ2v) is 7.53. The fourth-order valence-electron chi connectivity index (χ4n) is 4.08. The largest absolute Gasteiger partial charge is 0.274 e. The van der Waals surface area contributed by atoms with Crippen LogP contribution < -0.4 is 0 Å². The van der Waals surface area contributed by atoms with E-state index in [2.05, 4.69) is 0 Å². The Balaban J connectivity index is 1.44. The first-order valence-corrected chi connectivity index (χ1v) is 9.85. The summed E-state index contributed by atoms with van der Waals surface area (Å²) < 4.78 is 14.1. The number of benzene rings is 2. The maximum Gasteiger partial charge on any atom is 0.263 e. The van der Waals surface area contributed by atoms with Crippen molar-refractivity contribution in [2.75, 3.05) is 13.2 Å². The number of imide groups is 2. The number of hydrogen-bond donors (Lipinski definition) is 0. The number of amides is 4. The lowest BCUT2D eigenvalue weighted by molar-refractivity contribution is 0.0446. The molecule has 2 aliphatic heterocycles. The molecule has 0 fully saturated rings. The van der Waals surface area contributed by atoms with Gasteiger partial charge < -0.3 is 0 Å². The zero-order chi connectivity index (χ0) is 22.2. The third kappa shape index (κ3) is 3.10. The molecule has 31 heavy (non-hydrogen) atoms. The minimum atomic E-state index is -1.94. The van der Waals surface area contributed by atoms with E-state index in [1.165, 1.54) is 12.1 Å². The van der Waals surface area contributed by atoms with Crippen LogP contribution in [0.3, 0.4) is 0 Å². The van der Waals surface area contributed by atoms with E-state index in [1.807, 2.05) is 6.07 Å². The highest BCUT2D eigenvalue weighted by atomic mass is 19.1. The molecule has 1 unspecified atom stereocenters. The predicted octanol–water partition coefficient (Wildman–Crippen LogP) is 2.98. The summed E-state index contributed by atoms with van der Waals surface area (Å²) >= 11 is 0. The molecule has 1 atom stereocenters. The van der Waals surface area contributed by atoms with E-state index in [0.29, 0.717) is 22.4 Å². The van der Waals surface area contributed by atoms with Gasteiger partial charge in [0.1, 0.15) is 6.67 Å². The molecule has 0 aromatic heterocycles. The summed E-state index contributed by atoms with van der Waals surface area (Å²) in [5.74, 6) is -2.17. The minimum absolute atomic E-state index is 0.0995. The van der Waals surface area contributed by atoms with Crippen LogP contribution in [0.2, 0.25) is 0 Å². The van der Waals surface area contributed by atoms with Gasteiger partial charge in [-0.2, -0.15) is 5.26 Å². The Morgan fingerprint density at radius 1 is 0.774 bits per heavy atom. The Hall–Kier alpha value is -3.86. The molecule has 8 heteroatoms. The maximum atomic E-state index is 14.1. The molecule has 0 bridgehead atoms. The van der Waals surface area contributed by atoms with Gasteiger partial charge in [-0.1, -0.05) is 24.3 Å². The van der Waals surface area contributed by atoms with Crippen molar-refractivity contribution >= 4 is 23.6 Å². The van der Waals surface area contributed by atoms with Gasteiger partial charge in [-0.05, 0) is 43.5 Å². The maximum absolute atomic E-state index is 14.1. The second kappa shape index (κ2) is 7.76. The average Bonchev–Trinajstić information content (AvgIpc) is 3.20. The van der Waals surface area contributed by atoms with Crippen LogP contribution in [0, 0.1) is 11.3 Å². The SMILES string of the molecule is N#CC(CF)(CCCCN1C(=O)c2ccccc2C1=O)N1C(=O)c2ccccc2C1=O. The Bertz CT molecular complexity index is 1090. The molecular formula is C23H18FN3O4.